The lowest BCUT2D eigenvalue weighted by Gasteiger charge is -2.30. The van der Waals surface area contributed by atoms with Crippen molar-refractivity contribution in [3.63, 3.8) is 0 Å². The fourth-order valence-electron chi connectivity index (χ4n) is 2.95. The van der Waals surface area contributed by atoms with E-state index in [-0.39, 0.29) is 23.3 Å². The van der Waals surface area contributed by atoms with E-state index in [2.05, 4.69) is 4.72 Å². The van der Waals surface area contributed by atoms with E-state index >= 15 is 0 Å². The van der Waals surface area contributed by atoms with Crippen LogP contribution in [0.25, 0.3) is 0 Å². The molecule has 1 saturated carbocycles. The van der Waals surface area contributed by atoms with Gasteiger partial charge in [-0.05, 0) is 49.3 Å². The maximum atomic E-state index is 12.4. The number of hydrogen-bond donors (Lipinski definition) is 2. The van der Waals surface area contributed by atoms with Crippen LogP contribution < -0.4 is 4.72 Å². The fraction of sp³-hybridized carbons (Fsp3) is 0.600. The predicted octanol–water partition coefficient (Wildman–Crippen LogP) is 2.73. The SMILES string of the molecule is Cc1ccc(Cl)cc1S(=O)(=O)NCC1CCCCC1CO. The molecule has 1 aromatic carbocycles. The number of hydrogen-bond acceptors (Lipinski definition) is 3. The average Bonchev–Trinajstić information content (AvgIpc) is 2.48. The number of benzene rings is 1. The molecule has 1 aromatic rings. The third-order valence-electron chi connectivity index (χ3n) is 4.28. The summed E-state index contributed by atoms with van der Waals surface area (Å²) < 4.78 is 27.5. The number of aryl methyl sites for hydroxylation is 1. The summed E-state index contributed by atoms with van der Waals surface area (Å²) in [6, 6.07) is 4.86. The van der Waals surface area contributed by atoms with Crippen molar-refractivity contribution in [2.75, 3.05) is 13.2 Å². The molecule has 0 amide bonds. The lowest BCUT2D eigenvalue weighted by Crippen LogP contribution is -2.35. The predicted molar refractivity (Wildman–Crippen MR) is 83.9 cm³/mol. The normalized spacial score (nSPS) is 23.2. The van der Waals surface area contributed by atoms with E-state index in [4.69, 9.17) is 11.6 Å². The van der Waals surface area contributed by atoms with Crippen molar-refractivity contribution in [3.05, 3.63) is 28.8 Å². The molecule has 118 valence electrons. The Balaban J connectivity index is 2.09. The third kappa shape index (κ3) is 4.19. The van der Waals surface area contributed by atoms with Gasteiger partial charge in [0.05, 0.1) is 4.90 Å². The molecule has 0 radical (unpaired) electrons. The van der Waals surface area contributed by atoms with Gasteiger partial charge in [-0.25, -0.2) is 13.1 Å². The lowest BCUT2D eigenvalue weighted by atomic mass is 9.80. The molecular formula is C15H22ClNO3S. The van der Waals surface area contributed by atoms with Crippen LogP contribution in [0.1, 0.15) is 31.2 Å². The van der Waals surface area contributed by atoms with E-state index in [0.717, 1.165) is 25.7 Å². The van der Waals surface area contributed by atoms with Gasteiger partial charge in [-0.3, -0.25) is 0 Å². The van der Waals surface area contributed by atoms with Crippen LogP contribution in [0.15, 0.2) is 23.1 Å². The van der Waals surface area contributed by atoms with E-state index in [1.165, 1.54) is 6.07 Å². The number of nitrogens with one attached hydrogen (secondary N) is 1. The quantitative estimate of drug-likeness (QED) is 0.871. The van der Waals surface area contributed by atoms with E-state index in [1.54, 1.807) is 19.1 Å². The zero-order valence-electron chi connectivity index (χ0n) is 12.2. The summed E-state index contributed by atoms with van der Waals surface area (Å²) in [5.74, 6) is 0.403. The van der Waals surface area contributed by atoms with Crippen LogP contribution in [-0.4, -0.2) is 26.7 Å². The summed E-state index contributed by atoms with van der Waals surface area (Å²) >= 11 is 5.89. The summed E-state index contributed by atoms with van der Waals surface area (Å²) in [6.07, 6.45) is 4.14. The molecular weight excluding hydrogens is 310 g/mol. The van der Waals surface area contributed by atoms with E-state index in [0.29, 0.717) is 17.1 Å². The van der Waals surface area contributed by atoms with E-state index in [9.17, 15) is 13.5 Å². The summed E-state index contributed by atoms with van der Waals surface area (Å²) in [7, 11) is -3.56. The van der Waals surface area contributed by atoms with Crippen molar-refractivity contribution in [2.45, 2.75) is 37.5 Å². The Kier molecular flexibility index (Phi) is 5.66. The van der Waals surface area contributed by atoms with Crippen molar-refractivity contribution < 1.29 is 13.5 Å². The van der Waals surface area contributed by atoms with Crippen LogP contribution in [0.2, 0.25) is 5.02 Å². The third-order valence-corrected chi connectivity index (χ3v) is 6.08. The molecule has 0 bridgehead atoms. The average molecular weight is 332 g/mol. The van der Waals surface area contributed by atoms with Crippen molar-refractivity contribution in [1.29, 1.82) is 0 Å². The van der Waals surface area contributed by atoms with Gasteiger partial charge in [0.15, 0.2) is 0 Å². The number of halogens is 1. The molecule has 0 aromatic heterocycles. The monoisotopic (exact) mass is 331 g/mol. The summed E-state index contributed by atoms with van der Waals surface area (Å²) in [6.45, 7) is 2.25. The molecule has 1 fully saturated rings. The van der Waals surface area contributed by atoms with Crippen molar-refractivity contribution in [1.82, 2.24) is 4.72 Å². The maximum absolute atomic E-state index is 12.4. The maximum Gasteiger partial charge on any atom is 0.240 e. The molecule has 2 unspecified atom stereocenters. The van der Waals surface area contributed by atoms with Gasteiger partial charge in [-0.2, -0.15) is 0 Å². The Morgan fingerprint density at radius 3 is 2.62 bits per heavy atom. The fourth-order valence-corrected chi connectivity index (χ4v) is 4.55. The van der Waals surface area contributed by atoms with Crippen LogP contribution in [0.3, 0.4) is 0 Å². The number of aliphatic hydroxyl groups excluding tert-OH is 1. The summed E-state index contributed by atoms with van der Waals surface area (Å²) in [5, 5.41) is 9.80. The lowest BCUT2D eigenvalue weighted by molar-refractivity contribution is 0.136. The van der Waals surface area contributed by atoms with Crippen LogP contribution in [-0.2, 0) is 10.0 Å². The highest BCUT2D eigenvalue weighted by Crippen LogP contribution is 2.29. The first-order valence-electron chi connectivity index (χ1n) is 7.30. The first-order chi connectivity index (χ1) is 9.94. The van der Waals surface area contributed by atoms with Crippen LogP contribution in [0, 0.1) is 18.8 Å². The van der Waals surface area contributed by atoms with Crippen LogP contribution in [0.4, 0.5) is 0 Å². The van der Waals surface area contributed by atoms with Crippen molar-refractivity contribution >= 4 is 21.6 Å². The molecule has 6 heteroatoms. The molecule has 1 aliphatic carbocycles. The topological polar surface area (TPSA) is 66.4 Å². The molecule has 0 heterocycles. The van der Waals surface area contributed by atoms with E-state index < -0.39 is 10.0 Å². The minimum absolute atomic E-state index is 0.128. The Morgan fingerprint density at radius 1 is 1.29 bits per heavy atom. The molecule has 1 aliphatic rings. The van der Waals surface area contributed by atoms with Gasteiger partial charge in [-0.15, -0.1) is 0 Å². The van der Waals surface area contributed by atoms with Gasteiger partial charge in [-0.1, -0.05) is 30.5 Å². The largest absolute Gasteiger partial charge is 0.396 e. The molecule has 2 N–H and O–H groups in total. The smallest absolute Gasteiger partial charge is 0.240 e. The Morgan fingerprint density at radius 2 is 1.95 bits per heavy atom. The van der Waals surface area contributed by atoms with E-state index in [1.807, 2.05) is 0 Å². The van der Waals surface area contributed by atoms with Gasteiger partial charge in [0.1, 0.15) is 0 Å². The van der Waals surface area contributed by atoms with Gasteiger partial charge in [0, 0.05) is 18.2 Å². The minimum Gasteiger partial charge on any atom is -0.396 e. The molecule has 2 rings (SSSR count). The first kappa shape index (κ1) is 16.7. The molecule has 0 saturated heterocycles. The minimum atomic E-state index is -3.56. The Hall–Kier alpha value is -0.620. The Bertz CT molecular complexity index is 589. The molecule has 0 spiro atoms. The van der Waals surface area contributed by atoms with Gasteiger partial charge in [0.2, 0.25) is 10.0 Å². The highest BCUT2D eigenvalue weighted by molar-refractivity contribution is 7.89. The molecule has 21 heavy (non-hydrogen) atoms. The van der Waals surface area contributed by atoms with Crippen molar-refractivity contribution in [3.8, 4) is 0 Å². The van der Waals surface area contributed by atoms with Gasteiger partial charge in [0.25, 0.3) is 0 Å². The standard InChI is InChI=1S/C15H22ClNO3S/c1-11-6-7-14(16)8-15(11)21(19,20)17-9-12-4-2-3-5-13(12)10-18/h6-8,12-13,17-18H,2-5,9-10H2,1H3. The number of rotatable bonds is 5. The van der Waals surface area contributed by atoms with Crippen molar-refractivity contribution in [2.24, 2.45) is 11.8 Å². The van der Waals surface area contributed by atoms with Crippen LogP contribution in [0.5, 0.6) is 0 Å². The summed E-state index contributed by atoms with van der Waals surface area (Å²) in [5.41, 5.74) is 0.675. The van der Waals surface area contributed by atoms with Crippen LogP contribution >= 0.6 is 11.6 Å². The zero-order chi connectivity index (χ0) is 15.5. The highest BCUT2D eigenvalue weighted by Gasteiger charge is 2.26. The first-order valence-corrected chi connectivity index (χ1v) is 9.17. The summed E-state index contributed by atoms with van der Waals surface area (Å²) in [4.78, 5) is 0.228. The van der Waals surface area contributed by atoms with Gasteiger partial charge >= 0.3 is 0 Å². The second-order valence-corrected chi connectivity index (χ2v) is 7.92. The number of sulfonamides is 1. The number of aliphatic hydroxyl groups is 1. The molecule has 2 atom stereocenters. The molecule has 4 nitrogen and oxygen atoms in total. The Labute approximate surface area is 131 Å². The molecule has 0 aliphatic heterocycles. The highest BCUT2D eigenvalue weighted by atomic mass is 35.5. The second-order valence-electron chi connectivity index (χ2n) is 5.75. The van der Waals surface area contributed by atoms with Gasteiger partial charge < -0.3 is 5.11 Å². The second kappa shape index (κ2) is 7.09. The zero-order valence-corrected chi connectivity index (χ0v) is 13.8.